The Morgan fingerprint density at radius 1 is 0.722 bits per heavy atom. The van der Waals surface area contributed by atoms with E-state index in [-0.39, 0.29) is 50.8 Å². The summed E-state index contributed by atoms with van der Waals surface area (Å²) in [6.07, 6.45) is -1.24. The number of aliphatic carboxylic acids is 1. The Balaban J connectivity index is 1.20. The number of hydrogen-bond donors (Lipinski definition) is 9. The van der Waals surface area contributed by atoms with Gasteiger partial charge in [0.25, 0.3) is 0 Å². The summed E-state index contributed by atoms with van der Waals surface area (Å²) in [5.74, 6) is -7.43. The molecule has 6 rings (SSSR count). The first kappa shape index (κ1) is 60.9. The van der Waals surface area contributed by atoms with Gasteiger partial charge < -0.3 is 52.2 Å². The van der Waals surface area contributed by atoms with Gasteiger partial charge in [-0.3, -0.25) is 33.6 Å². The maximum absolute atomic E-state index is 14.7. The number of rotatable bonds is 27. The monoisotopic (exact) mass is 1210 g/mol. The van der Waals surface area contributed by atoms with Crippen molar-refractivity contribution in [3.05, 3.63) is 123 Å². The van der Waals surface area contributed by atoms with Crippen molar-refractivity contribution in [2.24, 2.45) is 22.1 Å². The molecule has 21 nitrogen and oxygen atoms in total. The molecule has 0 spiro atoms. The highest BCUT2D eigenvalue weighted by Gasteiger charge is 2.65. The van der Waals surface area contributed by atoms with E-state index >= 15 is 0 Å². The maximum atomic E-state index is 14.7. The largest absolute Gasteiger partial charge is 0.480 e. The fourth-order valence-electron chi connectivity index (χ4n) is 9.14. The second kappa shape index (κ2) is 27.5. The van der Waals surface area contributed by atoms with Crippen molar-refractivity contribution in [3.8, 4) is 0 Å². The van der Waals surface area contributed by atoms with Gasteiger partial charge in [0.2, 0.25) is 41.4 Å². The highest BCUT2D eigenvalue weighted by molar-refractivity contribution is 14.1. The van der Waals surface area contributed by atoms with Gasteiger partial charge in [0.1, 0.15) is 42.3 Å². The van der Waals surface area contributed by atoms with Crippen LogP contribution in [0.3, 0.4) is 0 Å². The van der Waals surface area contributed by atoms with E-state index in [0.717, 1.165) is 3.57 Å². The molecule has 0 bridgehead atoms. The van der Waals surface area contributed by atoms with E-state index in [0.29, 0.717) is 35.2 Å². The molecule has 2 aliphatic heterocycles. The topological polar surface area (TPSA) is 298 Å². The molecular formula is C54H66F3IN12O9. The van der Waals surface area contributed by atoms with Crippen LogP contribution in [0.1, 0.15) is 74.9 Å². The first-order valence-electron chi connectivity index (χ1n) is 25.9. The zero-order valence-electron chi connectivity index (χ0n) is 44.2. The number of aromatic amines is 1. The predicted molar refractivity (Wildman–Crippen MR) is 290 cm³/mol. The fourth-order valence-corrected chi connectivity index (χ4v) is 9.50. The molecule has 1 fully saturated rings. The lowest BCUT2D eigenvalue weighted by Gasteiger charge is -2.32. The van der Waals surface area contributed by atoms with Crippen LogP contribution in [-0.4, -0.2) is 136 Å². The van der Waals surface area contributed by atoms with Crippen molar-refractivity contribution in [2.45, 2.75) is 127 Å². The van der Waals surface area contributed by atoms with Crippen molar-refractivity contribution in [1.82, 2.24) is 52.1 Å². The standard InChI is InChI=1S/C54H66F3IN12O9/c1-6-31(4)45(50(76)64-40(26-37-27-60-29-61-37)51(77)70-22-10-13-42(70)48(74)65-41(52(78)79)25-32-11-8-7-9-12-32)67-47(73)39(24-34-16-20-36(58)21-17-34)63-49(75)44(30(2)3)66-46(72)38(62-43(71)28-59-5)23-33-14-18-35(19-15-33)53(68-69-53)54(55,56)57/h7-9,11-12,14-21,27,29-31,38-42,44-45,59H,6,10,13,22-26,28H2,1-5H3,(H,60,61)(H,62,71)(H,63,75)(H,64,76)(H,65,74)(H,66,72)(H,67,73)(H,78,79)/t31-,38-,39-,40-,41-,42-,44-,45-/m0/s1. The van der Waals surface area contributed by atoms with E-state index in [4.69, 9.17) is 0 Å². The summed E-state index contributed by atoms with van der Waals surface area (Å²) in [5.41, 5.74) is -0.743. The number of nitrogens with one attached hydrogen (secondary N) is 8. The molecule has 4 aromatic rings. The quantitative estimate of drug-likeness (QED) is 0.0390. The Kier molecular flexibility index (Phi) is 21.2. The zero-order chi connectivity index (χ0) is 57.6. The lowest BCUT2D eigenvalue weighted by Crippen LogP contribution is -2.62. The number of alkyl halides is 3. The third-order valence-electron chi connectivity index (χ3n) is 13.8. The van der Waals surface area contributed by atoms with E-state index in [1.54, 1.807) is 82.3 Å². The predicted octanol–water partition coefficient (Wildman–Crippen LogP) is 3.37. The number of likely N-dealkylation sites (N-methyl/N-ethyl adjacent to an activating group) is 1. The van der Waals surface area contributed by atoms with E-state index < -0.39 is 113 Å². The van der Waals surface area contributed by atoms with Crippen molar-refractivity contribution < 1.29 is 56.6 Å². The van der Waals surface area contributed by atoms with Crippen molar-refractivity contribution in [3.63, 3.8) is 0 Å². The van der Waals surface area contributed by atoms with Gasteiger partial charge in [-0.15, -0.1) is 10.2 Å². The number of carbonyl (C=O) groups excluding carboxylic acids is 7. The highest BCUT2D eigenvalue weighted by Crippen LogP contribution is 2.52. The third-order valence-corrected chi connectivity index (χ3v) is 14.6. The van der Waals surface area contributed by atoms with Crippen LogP contribution in [0, 0.1) is 15.4 Å². The SMILES string of the molecule is CC[C@H](C)[C@H](NC(=O)[C@H](Cc1ccc(I)cc1)NC(=O)[C@@H](NC(=O)[C@H](Cc1ccc(C2(C(F)(F)F)N=N2)cc1)NC(=O)CNC)C(C)C)C(=O)N[C@@H](Cc1cnc[nH]1)C(=O)N1CCC[C@H]1C(=O)N[C@@H](Cc1ccccc1)C(=O)O. The van der Waals surface area contributed by atoms with Crippen LogP contribution in [0.4, 0.5) is 13.2 Å². The highest BCUT2D eigenvalue weighted by atomic mass is 127. The van der Waals surface area contributed by atoms with Gasteiger partial charge in [0.05, 0.1) is 12.9 Å². The molecule has 8 atom stereocenters. The summed E-state index contributed by atoms with van der Waals surface area (Å²) in [6, 6.07) is 12.1. The summed E-state index contributed by atoms with van der Waals surface area (Å²) in [6.45, 7) is 6.76. The molecule has 0 saturated carbocycles. The van der Waals surface area contributed by atoms with Crippen LogP contribution in [-0.2, 0) is 69.7 Å². The molecule has 7 amide bonds. The van der Waals surface area contributed by atoms with E-state index in [1.165, 1.54) is 48.7 Å². The second-order valence-corrected chi connectivity index (χ2v) is 21.3. The number of carboxylic acid groups (broad SMARTS) is 1. The van der Waals surface area contributed by atoms with Gasteiger partial charge in [0, 0.05) is 53.3 Å². The van der Waals surface area contributed by atoms with Crippen molar-refractivity contribution in [2.75, 3.05) is 20.1 Å². The second-order valence-electron chi connectivity index (χ2n) is 20.0. The Morgan fingerprint density at radius 2 is 1.28 bits per heavy atom. The Morgan fingerprint density at radius 3 is 1.82 bits per heavy atom. The van der Waals surface area contributed by atoms with Gasteiger partial charge in [-0.1, -0.05) is 101 Å². The average Bonchev–Trinajstić information content (AvgIpc) is 4.02. The summed E-state index contributed by atoms with van der Waals surface area (Å²) in [7, 11) is 1.52. The Labute approximate surface area is 468 Å². The van der Waals surface area contributed by atoms with Gasteiger partial charge in [-0.05, 0) is 83.1 Å². The molecule has 3 heterocycles. The molecule has 3 aromatic carbocycles. The molecule has 1 saturated heterocycles. The van der Waals surface area contributed by atoms with Gasteiger partial charge in [-0.25, -0.2) is 9.78 Å². The smallest absolute Gasteiger partial charge is 0.442 e. The fraction of sp³-hybridized carbons (Fsp3) is 0.463. The number of aromatic nitrogens is 2. The average molecular weight is 1210 g/mol. The van der Waals surface area contributed by atoms with Crippen LogP contribution in [0.2, 0.25) is 0 Å². The molecule has 79 heavy (non-hydrogen) atoms. The third kappa shape index (κ3) is 16.4. The number of likely N-dealkylation sites (tertiary alicyclic amines) is 1. The summed E-state index contributed by atoms with van der Waals surface area (Å²) in [5, 5.41) is 35.5. The normalized spacial score (nSPS) is 17.2. The molecule has 424 valence electrons. The Hall–Kier alpha value is -7.29. The number of halogens is 4. The summed E-state index contributed by atoms with van der Waals surface area (Å²) < 4.78 is 42.0. The minimum atomic E-state index is -4.76. The minimum Gasteiger partial charge on any atom is -0.480 e. The van der Waals surface area contributed by atoms with Crippen molar-refractivity contribution in [1.29, 1.82) is 0 Å². The van der Waals surface area contributed by atoms with Crippen LogP contribution in [0.25, 0.3) is 0 Å². The minimum absolute atomic E-state index is 0.00190. The number of imidazole rings is 1. The molecule has 0 unspecified atom stereocenters. The van der Waals surface area contributed by atoms with Crippen LogP contribution in [0.5, 0.6) is 0 Å². The number of hydrogen-bond acceptors (Lipinski definition) is 12. The number of nitrogens with zero attached hydrogens (tertiary/aromatic N) is 4. The lowest BCUT2D eigenvalue weighted by atomic mass is 9.96. The summed E-state index contributed by atoms with van der Waals surface area (Å²) >= 11 is 2.12. The first-order valence-corrected chi connectivity index (χ1v) is 27.0. The van der Waals surface area contributed by atoms with Gasteiger partial charge in [0.15, 0.2) is 0 Å². The summed E-state index contributed by atoms with van der Waals surface area (Å²) in [4.78, 5) is 120. The van der Waals surface area contributed by atoms with Gasteiger partial charge >= 0.3 is 17.8 Å². The molecule has 2 aliphatic rings. The molecular weight excluding hydrogens is 1140 g/mol. The van der Waals surface area contributed by atoms with Crippen LogP contribution in [0.15, 0.2) is 102 Å². The van der Waals surface area contributed by atoms with Gasteiger partial charge in [-0.2, -0.15) is 13.2 Å². The zero-order valence-corrected chi connectivity index (χ0v) is 46.4. The number of amides is 7. The molecule has 9 N–H and O–H groups in total. The van der Waals surface area contributed by atoms with Crippen molar-refractivity contribution >= 4 is 69.9 Å². The number of H-pyrrole nitrogens is 1. The van der Waals surface area contributed by atoms with E-state index in [9.17, 15) is 56.6 Å². The van der Waals surface area contributed by atoms with Crippen LogP contribution >= 0.6 is 22.6 Å². The van der Waals surface area contributed by atoms with E-state index in [1.807, 2.05) is 0 Å². The van der Waals surface area contributed by atoms with E-state index in [2.05, 4.69) is 80.0 Å². The lowest BCUT2D eigenvalue weighted by molar-refractivity contribution is -0.166. The number of carbonyl (C=O) groups is 8. The first-order chi connectivity index (χ1) is 37.5. The Bertz CT molecular complexity index is 2800. The molecule has 1 aromatic heterocycles. The molecule has 0 radical (unpaired) electrons. The number of carboxylic acids is 1. The maximum Gasteiger partial charge on any atom is 0.442 e. The molecule has 0 aliphatic carbocycles. The molecule has 25 heteroatoms. The number of benzene rings is 3. The van der Waals surface area contributed by atoms with Crippen LogP contribution < -0.4 is 37.2 Å².